The molecular formula is C23H20N4S3. The molecule has 4 aromatic rings. The smallest absolute Gasteiger partial charge is 0.198 e. The highest BCUT2D eigenvalue weighted by atomic mass is 32.1. The van der Waals surface area contributed by atoms with Gasteiger partial charge in [-0.05, 0) is 67.7 Å². The van der Waals surface area contributed by atoms with E-state index in [1.54, 1.807) is 22.7 Å². The summed E-state index contributed by atoms with van der Waals surface area (Å²) in [6, 6.07) is 20.0. The molecule has 0 spiro atoms. The summed E-state index contributed by atoms with van der Waals surface area (Å²) in [5.41, 5.74) is 3.37. The highest BCUT2D eigenvalue weighted by Gasteiger charge is 2.19. The highest BCUT2D eigenvalue weighted by molar-refractivity contribution is 7.80. The summed E-state index contributed by atoms with van der Waals surface area (Å²) in [6.45, 7) is 0. The minimum Gasteiger partial charge on any atom is -0.331 e. The molecule has 0 unspecified atom stereocenters. The minimum atomic E-state index is 0.464. The molecule has 0 saturated carbocycles. The number of nitrogens with zero attached hydrogens (tertiary/aromatic N) is 2. The normalized spacial score (nSPS) is 13.8. The number of thiocarbonyl (C=S) groups is 1. The molecule has 0 saturated heterocycles. The van der Waals surface area contributed by atoms with Gasteiger partial charge in [-0.3, -0.25) is 0 Å². The van der Waals surface area contributed by atoms with E-state index in [1.165, 1.54) is 28.7 Å². The summed E-state index contributed by atoms with van der Waals surface area (Å²) in [7, 11) is 0. The number of nitrogens with one attached hydrogen (secondary N) is 2. The Balaban J connectivity index is 1.60. The van der Waals surface area contributed by atoms with Crippen molar-refractivity contribution in [1.29, 1.82) is 0 Å². The predicted molar refractivity (Wildman–Crippen MR) is 132 cm³/mol. The van der Waals surface area contributed by atoms with E-state index in [1.807, 2.05) is 60.7 Å². The van der Waals surface area contributed by atoms with Crippen LogP contribution in [0.15, 0.2) is 65.7 Å². The molecule has 5 rings (SSSR count). The monoisotopic (exact) mass is 448 g/mol. The molecule has 0 amide bonds. The summed E-state index contributed by atoms with van der Waals surface area (Å²) in [5.74, 6) is 0. The molecule has 1 aliphatic rings. The Morgan fingerprint density at radius 1 is 0.900 bits per heavy atom. The second-order valence-corrected chi connectivity index (χ2v) is 9.56. The predicted octanol–water partition coefficient (Wildman–Crippen LogP) is 6.28. The molecule has 7 heteroatoms. The standard InChI is InChI=1S/C23H20N4S3/c28-22(24-15-9-3-1-4-10-15)26-20-19-17-13-7-8-14-18(17)29-21(19)27-23(30-20)25-16-11-5-2-6-12-16/h1-6,9-12H,7-8,13-14H2,(H,24,28)(H,25,27)/b26-20+. The third-order valence-electron chi connectivity index (χ3n) is 5.02. The molecule has 0 fully saturated rings. The number of benzene rings is 2. The van der Waals surface area contributed by atoms with E-state index < -0.39 is 0 Å². The number of anilines is 3. The van der Waals surface area contributed by atoms with Crippen molar-refractivity contribution in [3.05, 3.63) is 75.8 Å². The van der Waals surface area contributed by atoms with Crippen LogP contribution >= 0.6 is 34.9 Å². The fourth-order valence-corrected chi connectivity index (χ4v) is 6.25. The van der Waals surface area contributed by atoms with Gasteiger partial charge in [-0.15, -0.1) is 11.3 Å². The van der Waals surface area contributed by atoms with Crippen LogP contribution in [0.1, 0.15) is 23.3 Å². The van der Waals surface area contributed by atoms with Crippen molar-refractivity contribution in [1.82, 2.24) is 4.98 Å². The van der Waals surface area contributed by atoms with E-state index in [-0.39, 0.29) is 0 Å². The first-order valence-electron chi connectivity index (χ1n) is 9.94. The van der Waals surface area contributed by atoms with Crippen LogP contribution in [0.3, 0.4) is 0 Å². The van der Waals surface area contributed by atoms with Gasteiger partial charge in [0.05, 0.1) is 5.39 Å². The molecule has 0 atom stereocenters. The molecule has 2 N–H and O–H groups in total. The van der Waals surface area contributed by atoms with Gasteiger partial charge >= 0.3 is 0 Å². The van der Waals surface area contributed by atoms with Gasteiger partial charge in [-0.2, -0.15) is 0 Å². The molecule has 4 nitrogen and oxygen atoms in total. The molecule has 0 radical (unpaired) electrons. The van der Waals surface area contributed by atoms with Gasteiger partial charge < -0.3 is 10.6 Å². The maximum Gasteiger partial charge on any atom is 0.198 e. The Hall–Kier alpha value is -2.61. The van der Waals surface area contributed by atoms with Crippen LogP contribution in [-0.2, 0) is 12.8 Å². The number of hydrogen-bond donors (Lipinski definition) is 2. The Kier molecular flexibility index (Phi) is 5.57. The highest BCUT2D eigenvalue weighted by Crippen LogP contribution is 2.35. The van der Waals surface area contributed by atoms with Gasteiger partial charge in [0.1, 0.15) is 9.50 Å². The average Bonchev–Trinajstić information content (AvgIpc) is 3.14. The number of rotatable bonds is 3. The number of aryl methyl sites for hydroxylation is 2. The van der Waals surface area contributed by atoms with Crippen molar-refractivity contribution in [2.24, 2.45) is 4.99 Å². The van der Waals surface area contributed by atoms with E-state index in [9.17, 15) is 0 Å². The zero-order valence-corrected chi connectivity index (χ0v) is 18.7. The minimum absolute atomic E-state index is 0.464. The fourth-order valence-electron chi connectivity index (χ4n) is 3.65. The summed E-state index contributed by atoms with van der Waals surface area (Å²) >= 11 is 8.93. The topological polar surface area (TPSA) is 49.3 Å². The third kappa shape index (κ3) is 4.14. The van der Waals surface area contributed by atoms with Crippen LogP contribution in [0.25, 0.3) is 10.2 Å². The largest absolute Gasteiger partial charge is 0.331 e. The van der Waals surface area contributed by atoms with Crippen LogP contribution in [0, 0.1) is 0 Å². The lowest BCUT2D eigenvalue weighted by molar-refractivity contribution is 0.700. The van der Waals surface area contributed by atoms with E-state index in [0.717, 1.165) is 38.8 Å². The Morgan fingerprint density at radius 3 is 2.37 bits per heavy atom. The van der Waals surface area contributed by atoms with Gasteiger partial charge in [0.2, 0.25) is 0 Å². The van der Waals surface area contributed by atoms with Crippen molar-refractivity contribution in [2.45, 2.75) is 25.7 Å². The summed E-state index contributed by atoms with van der Waals surface area (Å²) in [4.78, 5) is 12.3. The first-order chi connectivity index (χ1) is 14.8. The number of aromatic nitrogens is 1. The van der Waals surface area contributed by atoms with Crippen LogP contribution in [0.5, 0.6) is 0 Å². The van der Waals surface area contributed by atoms with Gasteiger partial charge in [-0.1, -0.05) is 47.7 Å². The van der Waals surface area contributed by atoms with Crippen LogP contribution in [0.2, 0.25) is 0 Å². The number of para-hydroxylation sites is 2. The average molecular weight is 449 g/mol. The molecule has 2 heterocycles. The second-order valence-electron chi connectivity index (χ2n) is 7.11. The third-order valence-corrected chi connectivity index (χ3v) is 7.27. The first-order valence-corrected chi connectivity index (χ1v) is 12.0. The Morgan fingerprint density at radius 2 is 1.60 bits per heavy atom. The summed E-state index contributed by atoms with van der Waals surface area (Å²) in [6.07, 6.45) is 4.70. The van der Waals surface area contributed by atoms with Crippen molar-refractivity contribution >= 4 is 66.7 Å². The number of fused-ring (bicyclic) bond motifs is 3. The second kappa shape index (κ2) is 8.63. The Bertz CT molecular complexity index is 1260. The number of hydrogen-bond acceptors (Lipinski definition) is 5. The van der Waals surface area contributed by atoms with Gasteiger partial charge in [0.25, 0.3) is 0 Å². The lowest BCUT2D eigenvalue weighted by atomic mass is 9.97. The molecule has 0 bridgehead atoms. The number of thiophene rings is 1. The molecule has 2 aromatic carbocycles. The summed E-state index contributed by atoms with van der Waals surface area (Å²) < 4.78 is 0.922. The van der Waals surface area contributed by atoms with Gasteiger partial charge in [-0.25, -0.2) is 9.98 Å². The zero-order chi connectivity index (χ0) is 20.3. The van der Waals surface area contributed by atoms with Crippen molar-refractivity contribution in [3.8, 4) is 0 Å². The first kappa shape index (κ1) is 19.4. The Labute approximate surface area is 188 Å². The maximum atomic E-state index is 5.57. The van der Waals surface area contributed by atoms with Crippen molar-refractivity contribution in [3.63, 3.8) is 0 Å². The zero-order valence-electron chi connectivity index (χ0n) is 16.2. The van der Waals surface area contributed by atoms with Gasteiger partial charge in [0.15, 0.2) is 10.2 Å². The molecule has 0 aliphatic heterocycles. The van der Waals surface area contributed by atoms with E-state index in [2.05, 4.69) is 10.6 Å². The molecule has 1 aliphatic carbocycles. The fraction of sp³-hybridized carbons (Fsp3) is 0.174. The molecular weight excluding hydrogens is 428 g/mol. The van der Waals surface area contributed by atoms with Crippen molar-refractivity contribution in [2.75, 3.05) is 10.6 Å². The van der Waals surface area contributed by atoms with E-state index >= 15 is 0 Å². The summed E-state index contributed by atoms with van der Waals surface area (Å²) in [5, 5.41) is 9.13. The quantitative estimate of drug-likeness (QED) is 0.362. The van der Waals surface area contributed by atoms with Crippen LogP contribution in [0.4, 0.5) is 16.5 Å². The SMILES string of the molecule is S=C(/N=c1/sc(Nc2ccccc2)nc2sc3c(c12)CCCC3)Nc1ccccc1. The maximum absolute atomic E-state index is 5.57. The molecule has 30 heavy (non-hydrogen) atoms. The molecule has 150 valence electrons. The van der Waals surface area contributed by atoms with E-state index in [4.69, 9.17) is 22.2 Å². The lowest BCUT2D eigenvalue weighted by Crippen LogP contribution is -2.13. The van der Waals surface area contributed by atoms with Crippen LogP contribution in [-0.4, -0.2) is 10.1 Å². The van der Waals surface area contributed by atoms with Gasteiger partial charge in [0, 0.05) is 16.3 Å². The molecule has 2 aromatic heterocycles. The lowest BCUT2D eigenvalue weighted by Gasteiger charge is -2.10. The van der Waals surface area contributed by atoms with Crippen LogP contribution < -0.4 is 15.3 Å². The van der Waals surface area contributed by atoms with Crippen molar-refractivity contribution < 1.29 is 0 Å². The van der Waals surface area contributed by atoms with E-state index in [0.29, 0.717) is 5.11 Å².